The first kappa shape index (κ1) is 15.5. The van der Waals surface area contributed by atoms with Crippen molar-refractivity contribution >= 4 is 22.8 Å². The summed E-state index contributed by atoms with van der Waals surface area (Å²) in [5, 5.41) is 19.7. The van der Waals surface area contributed by atoms with E-state index in [1.807, 2.05) is 12.1 Å². The molecule has 0 saturated carbocycles. The van der Waals surface area contributed by atoms with Crippen LogP contribution in [0.15, 0.2) is 36.4 Å². The zero-order valence-corrected chi connectivity index (χ0v) is 12.3. The quantitative estimate of drug-likeness (QED) is 0.319. The Bertz CT molecular complexity index is 686. The predicted molar refractivity (Wildman–Crippen MR) is 86.9 cm³/mol. The van der Waals surface area contributed by atoms with Gasteiger partial charge in [0, 0.05) is 6.42 Å². The molecule has 6 N–H and O–H groups in total. The van der Waals surface area contributed by atoms with Gasteiger partial charge < -0.3 is 20.7 Å². The molecule has 22 heavy (non-hydrogen) atoms. The zero-order chi connectivity index (χ0) is 16.1. The number of anilines is 3. The van der Waals surface area contributed by atoms with Crippen molar-refractivity contribution < 1.29 is 15.0 Å². The minimum absolute atomic E-state index is 0.0669. The number of carbonyl (C=O) groups is 1. The largest absolute Gasteiger partial charge is 0.504 e. The zero-order valence-electron chi connectivity index (χ0n) is 12.3. The van der Waals surface area contributed by atoms with Crippen molar-refractivity contribution in [3.05, 3.63) is 42.0 Å². The Morgan fingerprint density at radius 2 is 1.82 bits per heavy atom. The molecule has 0 radical (unpaired) electrons. The fourth-order valence-corrected chi connectivity index (χ4v) is 1.98. The second-order valence-electron chi connectivity index (χ2n) is 5.05. The third-order valence-electron chi connectivity index (χ3n) is 3.21. The van der Waals surface area contributed by atoms with Gasteiger partial charge in [0.25, 0.3) is 0 Å². The van der Waals surface area contributed by atoms with Crippen LogP contribution in [0.5, 0.6) is 11.5 Å². The summed E-state index contributed by atoms with van der Waals surface area (Å²) in [4.78, 5) is 11.0. The summed E-state index contributed by atoms with van der Waals surface area (Å²) in [6.45, 7) is 1.51. The number of carbonyl (C=O) groups excluding carboxylic acids is 1. The molecule has 116 valence electrons. The molecule has 2 aromatic rings. The van der Waals surface area contributed by atoms with Crippen LogP contribution in [0.4, 0.5) is 17.1 Å². The summed E-state index contributed by atoms with van der Waals surface area (Å²) in [6, 6.07) is 10.3. The monoisotopic (exact) mass is 301 g/mol. The highest BCUT2D eigenvalue weighted by Gasteiger charge is 2.10. The number of phenolic OH excluding ortho intramolecular Hbond substituents is 2. The fraction of sp³-hybridized carbons (Fsp3) is 0.188. The minimum atomic E-state index is -0.270. The average molecular weight is 301 g/mol. The number of aromatic hydroxyl groups is 2. The second-order valence-corrected chi connectivity index (χ2v) is 5.05. The maximum atomic E-state index is 11.0. The number of aryl methyl sites for hydroxylation is 1. The first-order chi connectivity index (χ1) is 10.5. The van der Waals surface area contributed by atoms with Gasteiger partial charge in [-0.25, -0.2) is 0 Å². The van der Waals surface area contributed by atoms with E-state index in [0.29, 0.717) is 29.9 Å². The van der Waals surface area contributed by atoms with Gasteiger partial charge in [0.05, 0.1) is 17.1 Å². The van der Waals surface area contributed by atoms with Crippen LogP contribution in [0, 0.1) is 0 Å². The summed E-state index contributed by atoms with van der Waals surface area (Å²) >= 11 is 0. The highest BCUT2D eigenvalue weighted by atomic mass is 16.3. The van der Waals surface area contributed by atoms with E-state index >= 15 is 0 Å². The summed E-state index contributed by atoms with van der Waals surface area (Å²) < 4.78 is 0. The lowest BCUT2D eigenvalue weighted by Gasteiger charge is -2.14. The number of hydrogen-bond donors (Lipinski definition) is 5. The number of rotatable bonds is 6. The third-order valence-corrected chi connectivity index (χ3v) is 3.21. The number of Topliss-reactive ketones (excluding diaryl/α,β-unsaturated/α-hetero) is 1. The highest BCUT2D eigenvalue weighted by molar-refractivity contribution is 5.76. The van der Waals surface area contributed by atoms with Gasteiger partial charge in [0.2, 0.25) is 0 Å². The molecule has 0 amide bonds. The van der Waals surface area contributed by atoms with Gasteiger partial charge in [-0.15, -0.1) is 0 Å². The van der Waals surface area contributed by atoms with Crippen molar-refractivity contribution in [1.82, 2.24) is 0 Å². The van der Waals surface area contributed by atoms with E-state index in [4.69, 9.17) is 5.73 Å². The Hall–Kier alpha value is -2.89. The molecule has 0 aromatic heterocycles. The smallest absolute Gasteiger partial charge is 0.183 e. The van der Waals surface area contributed by atoms with Crippen LogP contribution >= 0.6 is 0 Å². The van der Waals surface area contributed by atoms with Crippen molar-refractivity contribution in [3.8, 4) is 11.5 Å². The summed E-state index contributed by atoms with van der Waals surface area (Å²) in [7, 11) is 0. The molecule has 2 rings (SSSR count). The lowest BCUT2D eigenvalue weighted by atomic mass is 10.1. The van der Waals surface area contributed by atoms with Crippen LogP contribution < -0.4 is 16.6 Å². The van der Waals surface area contributed by atoms with E-state index in [1.54, 1.807) is 18.2 Å². The number of benzene rings is 2. The summed E-state index contributed by atoms with van der Waals surface area (Å²) in [5.74, 6) is -0.447. The van der Waals surface area contributed by atoms with E-state index < -0.39 is 0 Å². The second kappa shape index (κ2) is 6.71. The van der Waals surface area contributed by atoms with E-state index in [2.05, 4.69) is 10.9 Å². The minimum Gasteiger partial charge on any atom is -0.504 e. The SMILES string of the molecule is CC(=O)CCc1cc(O)c(O)c(NNc2ccccc2N)c1. The highest BCUT2D eigenvalue weighted by Crippen LogP contribution is 2.35. The van der Waals surface area contributed by atoms with Gasteiger partial charge in [-0.05, 0) is 43.2 Å². The molecular formula is C16H19N3O3. The first-order valence-electron chi connectivity index (χ1n) is 6.88. The van der Waals surface area contributed by atoms with E-state index in [9.17, 15) is 15.0 Å². The van der Waals surface area contributed by atoms with Crippen LogP contribution in [0.2, 0.25) is 0 Å². The van der Waals surface area contributed by atoms with Crippen molar-refractivity contribution in [1.29, 1.82) is 0 Å². The maximum absolute atomic E-state index is 11.0. The molecule has 0 atom stereocenters. The van der Waals surface area contributed by atoms with Gasteiger partial charge >= 0.3 is 0 Å². The molecule has 0 saturated heterocycles. The molecule has 0 aliphatic carbocycles. The molecule has 0 aliphatic heterocycles. The van der Waals surface area contributed by atoms with E-state index in [0.717, 1.165) is 5.56 Å². The third kappa shape index (κ3) is 3.82. The van der Waals surface area contributed by atoms with Gasteiger partial charge in [-0.3, -0.25) is 10.9 Å². The fourth-order valence-electron chi connectivity index (χ4n) is 1.98. The Morgan fingerprint density at radius 3 is 2.50 bits per heavy atom. The molecular weight excluding hydrogens is 282 g/mol. The summed E-state index contributed by atoms with van der Waals surface area (Å²) in [5.41, 5.74) is 13.8. The number of para-hydroxylation sites is 2. The van der Waals surface area contributed by atoms with E-state index in [-0.39, 0.29) is 17.3 Å². The number of nitrogen functional groups attached to an aromatic ring is 1. The molecule has 0 aliphatic rings. The molecule has 6 nitrogen and oxygen atoms in total. The van der Waals surface area contributed by atoms with Crippen LogP contribution in [0.25, 0.3) is 0 Å². The van der Waals surface area contributed by atoms with Crippen LogP contribution in [0.1, 0.15) is 18.9 Å². The van der Waals surface area contributed by atoms with Crippen molar-refractivity contribution in [2.75, 3.05) is 16.6 Å². The lowest BCUT2D eigenvalue weighted by Crippen LogP contribution is -2.10. The van der Waals surface area contributed by atoms with Crippen LogP contribution in [-0.4, -0.2) is 16.0 Å². The van der Waals surface area contributed by atoms with Crippen molar-refractivity contribution in [3.63, 3.8) is 0 Å². The van der Waals surface area contributed by atoms with Crippen LogP contribution in [0.3, 0.4) is 0 Å². The van der Waals surface area contributed by atoms with Crippen LogP contribution in [-0.2, 0) is 11.2 Å². The molecule has 0 spiro atoms. The van der Waals surface area contributed by atoms with Crippen molar-refractivity contribution in [2.24, 2.45) is 0 Å². The van der Waals surface area contributed by atoms with E-state index in [1.165, 1.54) is 13.0 Å². The average Bonchev–Trinajstić information content (AvgIpc) is 2.48. The molecule has 0 unspecified atom stereocenters. The van der Waals surface area contributed by atoms with Gasteiger partial charge in [-0.2, -0.15) is 0 Å². The number of ketones is 1. The predicted octanol–water partition coefficient (Wildman–Crippen LogP) is 2.64. The maximum Gasteiger partial charge on any atom is 0.183 e. The Labute approximate surface area is 128 Å². The normalized spacial score (nSPS) is 10.2. The lowest BCUT2D eigenvalue weighted by molar-refractivity contribution is -0.116. The molecule has 0 fully saturated rings. The number of nitrogens with two attached hydrogens (primary N) is 1. The number of nitrogens with one attached hydrogen (secondary N) is 2. The van der Waals surface area contributed by atoms with Gasteiger partial charge in [0.15, 0.2) is 11.5 Å². The number of hydrazine groups is 1. The topological polar surface area (TPSA) is 108 Å². The standard InChI is InChI=1S/C16H19N3O3/c1-10(20)6-7-11-8-14(16(22)15(21)9-11)19-18-13-5-3-2-4-12(13)17/h2-5,8-9,18-19,21-22H,6-7,17H2,1H3. The molecule has 0 heterocycles. The Kier molecular flexibility index (Phi) is 4.73. The van der Waals surface area contributed by atoms with Gasteiger partial charge in [-0.1, -0.05) is 12.1 Å². The molecule has 0 bridgehead atoms. The molecule has 6 heteroatoms. The molecule has 2 aromatic carbocycles. The summed E-state index contributed by atoms with van der Waals surface area (Å²) in [6.07, 6.45) is 0.869. The van der Waals surface area contributed by atoms with Crippen molar-refractivity contribution in [2.45, 2.75) is 19.8 Å². The Balaban J connectivity index is 2.15. The number of phenols is 2. The number of hydrogen-bond acceptors (Lipinski definition) is 6. The van der Waals surface area contributed by atoms with Gasteiger partial charge in [0.1, 0.15) is 5.78 Å². The first-order valence-corrected chi connectivity index (χ1v) is 6.88. The Morgan fingerprint density at radius 1 is 1.14 bits per heavy atom.